The van der Waals surface area contributed by atoms with Crippen LogP contribution < -0.4 is 0 Å². The summed E-state index contributed by atoms with van der Waals surface area (Å²) in [6.45, 7) is 0. The summed E-state index contributed by atoms with van der Waals surface area (Å²) in [5, 5.41) is 0.650. The number of hydrogen-bond acceptors (Lipinski definition) is 2. The smallest absolute Gasteiger partial charge is 0.105 e. The van der Waals surface area contributed by atoms with Crippen molar-refractivity contribution in [3.8, 4) is 0 Å². The Balaban J connectivity index is 2.51. The van der Waals surface area contributed by atoms with Crippen molar-refractivity contribution in [1.82, 2.24) is 9.97 Å². The Morgan fingerprint density at radius 3 is 2.31 bits per heavy atom. The molecule has 1 heterocycles. The maximum atomic E-state index is 6.02. The second kappa shape index (κ2) is 3.68. The second-order valence-electron chi connectivity index (χ2n) is 3.44. The molecule has 3 rings (SSSR count). The van der Waals surface area contributed by atoms with Crippen molar-refractivity contribution in [2.24, 2.45) is 0 Å². The van der Waals surface area contributed by atoms with Gasteiger partial charge in [0.15, 0.2) is 0 Å². The molecule has 1 aromatic heterocycles. The zero-order valence-corrected chi connectivity index (χ0v) is 10.5. The zero-order valence-electron chi connectivity index (χ0n) is 8.11. The van der Waals surface area contributed by atoms with Gasteiger partial charge in [0.1, 0.15) is 5.52 Å². The topological polar surface area (TPSA) is 25.8 Å². The number of fused-ring (bicyclic) bond motifs is 2. The molecule has 16 heavy (non-hydrogen) atoms. The molecule has 0 aliphatic rings. The maximum absolute atomic E-state index is 6.02. The molecule has 0 amide bonds. The molecule has 0 unspecified atom stereocenters. The second-order valence-corrected chi connectivity index (χ2v) is 4.64. The predicted molar refractivity (Wildman–Crippen MR) is 69.8 cm³/mol. The van der Waals surface area contributed by atoms with E-state index in [1.54, 1.807) is 0 Å². The van der Waals surface area contributed by atoms with Gasteiger partial charge in [-0.05, 0) is 40.2 Å². The van der Waals surface area contributed by atoms with Crippen molar-refractivity contribution in [1.29, 1.82) is 0 Å². The predicted octanol–water partition coefficient (Wildman–Crippen LogP) is 4.20. The molecule has 0 radical (unpaired) electrons. The van der Waals surface area contributed by atoms with Gasteiger partial charge in [-0.3, -0.25) is 0 Å². The molecule has 0 fully saturated rings. The zero-order chi connectivity index (χ0) is 11.1. The highest BCUT2D eigenvalue weighted by Crippen LogP contribution is 2.29. The monoisotopic (exact) mass is 292 g/mol. The van der Waals surface area contributed by atoms with Crippen molar-refractivity contribution in [3.05, 3.63) is 45.9 Å². The van der Waals surface area contributed by atoms with Crippen LogP contribution in [0.5, 0.6) is 0 Å². The lowest BCUT2D eigenvalue weighted by Crippen LogP contribution is -1.88. The van der Waals surface area contributed by atoms with E-state index in [0.717, 1.165) is 26.5 Å². The summed E-state index contributed by atoms with van der Waals surface area (Å²) in [6.07, 6.45) is 0. The highest BCUT2D eigenvalue weighted by Gasteiger charge is 2.07. The number of hydrogen-bond donors (Lipinski definition) is 0. The fraction of sp³-hybridized carbons (Fsp3) is 0. The van der Waals surface area contributed by atoms with Crippen LogP contribution in [0, 0.1) is 0 Å². The lowest BCUT2D eigenvalue weighted by molar-refractivity contribution is 1.38. The van der Waals surface area contributed by atoms with E-state index in [1.807, 2.05) is 36.4 Å². The Hall–Kier alpha value is -1.19. The van der Waals surface area contributed by atoms with Gasteiger partial charge in [0, 0.05) is 0 Å². The minimum Gasteiger partial charge on any atom is -0.244 e. The van der Waals surface area contributed by atoms with Crippen LogP contribution in [0.3, 0.4) is 0 Å². The van der Waals surface area contributed by atoms with Crippen molar-refractivity contribution >= 4 is 49.6 Å². The first-order valence-corrected chi connectivity index (χ1v) is 5.93. The third-order valence-electron chi connectivity index (χ3n) is 2.40. The Kier molecular flexibility index (Phi) is 2.30. The van der Waals surface area contributed by atoms with E-state index in [1.165, 1.54) is 0 Å². The molecule has 0 aliphatic carbocycles. The van der Waals surface area contributed by atoms with Gasteiger partial charge in [0.2, 0.25) is 0 Å². The van der Waals surface area contributed by atoms with Crippen molar-refractivity contribution < 1.29 is 0 Å². The summed E-state index contributed by atoms with van der Waals surface area (Å²) in [5.41, 5.74) is 3.41. The molecule has 0 bridgehead atoms. The first kappa shape index (κ1) is 10.00. The minimum absolute atomic E-state index is 0.650. The quantitative estimate of drug-likeness (QED) is 0.581. The van der Waals surface area contributed by atoms with Crippen LogP contribution in [0.1, 0.15) is 0 Å². The Morgan fingerprint density at radius 2 is 1.56 bits per heavy atom. The van der Waals surface area contributed by atoms with E-state index in [0.29, 0.717) is 5.02 Å². The van der Waals surface area contributed by atoms with Crippen LogP contribution in [0.4, 0.5) is 0 Å². The first-order valence-electron chi connectivity index (χ1n) is 4.76. The molecule has 0 N–H and O–H groups in total. The SMILES string of the molecule is Clc1ccc2nc3ccccc3nc2c1Br. The highest BCUT2D eigenvalue weighted by molar-refractivity contribution is 9.10. The van der Waals surface area contributed by atoms with Crippen molar-refractivity contribution in [3.63, 3.8) is 0 Å². The van der Waals surface area contributed by atoms with Gasteiger partial charge >= 0.3 is 0 Å². The molecule has 2 nitrogen and oxygen atoms in total. The summed E-state index contributed by atoms with van der Waals surface area (Å²) in [6, 6.07) is 11.5. The van der Waals surface area contributed by atoms with Gasteiger partial charge < -0.3 is 0 Å². The molecule has 0 saturated carbocycles. The molecule has 0 atom stereocenters. The van der Waals surface area contributed by atoms with Gasteiger partial charge in [-0.15, -0.1) is 0 Å². The molecule has 2 aromatic carbocycles. The number of benzene rings is 2. The lowest BCUT2D eigenvalue weighted by Gasteiger charge is -2.03. The fourth-order valence-electron chi connectivity index (χ4n) is 1.63. The Morgan fingerprint density at radius 1 is 0.875 bits per heavy atom. The molecule has 4 heteroatoms. The van der Waals surface area contributed by atoms with Gasteiger partial charge in [-0.2, -0.15) is 0 Å². The normalized spacial score (nSPS) is 11.1. The van der Waals surface area contributed by atoms with E-state index in [2.05, 4.69) is 25.9 Å². The number of rotatable bonds is 0. The largest absolute Gasteiger partial charge is 0.244 e. The highest BCUT2D eigenvalue weighted by atomic mass is 79.9. The third-order valence-corrected chi connectivity index (χ3v) is 3.75. The molecule has 0 spiro atoms. The first-order chi connectivity index (χ1) is 7.75. The molecule has 3 aromatic rings. The van der Waals surface area contributed by atoms with Crippen LogP contribution in [-0.2, 0) is 0 Å². The Bertz CT molecular complexity index is 697. The van der Waals surface area contributed by atoms with E-state index in [4.69, 9.17) is 11.6 Å². The van der Waals surface area contributed by atoms with E-state index < -0.39 is 0 Å². The van der Waals surface area contributed by atoms with Gasteiger partial charge in [0.25, 0.3) is 0 Å². The number of nitrogens with zero attached hydrogens (tertiary/aromatic N) is 2. The van der Waals surface area contributed by atoms with Crippen LogP contribution in [0.15, 0.2) is 40.9 Å². The average molecular weight is 294 g/mol. The van der Waals surface area contributed by atoms with Gasteiger partial charge in [-0.25, -0.2) is 9.97 Å². The van der Waals surface area contributed by atoms with Crippen LogP contribution in [-0.4, -0.2) is 9.97 Å². The molecule has 0 aliphatic heterocycles. The van der Waals surface area contributed by atoms with E-state index in [9.17, 15) is 0 Å². The third kappa shape index (κ3) is 1.47. The van der Waals surface area contributed by atoms with E-state index >= 15 is 0 Å². The van der Waals surface area contributed by atoms with Crippen LogP contribution in [0.2, 0.25) is 5.02 Å². The van der Waals surface area contributed by atoms with Crippen LogP contribution >= 0.6 is 27.5 Å². The number of halogens is 2. The lowest BCUT2D eigenvalue weighted by atomic mass is 10.2. The standard InChI is InChI=1S/C12H6BrClN2/c13-11-7(14)5-6-10-12(11)16-9-4-2-1-3-8(9)15-10/h1-6H. The molecular formula is C12H6BrClN2. The summed E-state index contributed by atoms with van der Waals surface area (Å²) in [7, 11) is 0. The van der Waals surface area contributed by atoms with E-state index in [-0.39, 0.29) is 0 Å². The van der Waals surface area contributed by atoms with Crippen molar-refractivity contribution in [2.45, 2.75) is 0 Å². The molecular weight excluding hydrogens is 288 g/mol. The summed E-state index contributed by atoms with van der Waals surface area (Å²) in [5.74, 6) is 0. The minimum atomic E-state index is 0.650. The summed E-state index contributed by atoms with van der Waals surface area (Å²) >= 11 is 9.46. The van der Waals surface area contributed by atoms with Crippen LogP contribution in [0.25, 0.3) is 22.1 Å². The van der Waals surface area contributed by atoms with Gasteiger partial charge in [0.05, 0.1) is 26.0 Å². The molecule has 0 saturated heterocycles. The number of para-hydroxylation sites is 2. The average Bonchev–Trinajstić information content (AvgIpc) is 2.32. The van der Waals surface area contributed by atoms with Gasteiger partial charge in [-0.1, -0.05) is 23.7 Å². The summed E-state index contributed by atoms with van der Waals surface area (Å²) < 4.78 is 0.796. The molecule has 78 valence electrons. The fourth-order valence-corrected chi connectivity index (χ4v) is 2.21. The van der Waals surface area contributed by atoms with Crippen molar-refractivity contribution in [2.75, 3.05) is 0 Å². The maximum Gasteiger partial charge on any atom is 0.105 e. The summed E-state index contributed by atoms with van der Waals surface area (Å²) in [4.78, 5) is 9.07. The number of aromatic nitrogens is 2. The Labute approximate surface area is 105 Å².